The topological polar surface area (TPSA) is 28.3 Å². The Kier molecular flexibility index (Phi) is 3.27. The molecule has 0 N–H and O–H groups in total. The Bertz CT molecular complexity index is 1060. The van der Waals surface area contributed by atoms with Crippen molar-refractivity contribution in [2.75, 3.05) is 14.2 Å². The molecule has 24 heavy (non-hydrogen) atoms. The summed E-state index contributed by atoms with van der Waals surface area (Å²) in [6, 6.07) is 14.6. The predicted octanol–water partition coefficient (Wildman–Crippen LogP) is 4.35. The minimum Gasteiger partial charge on any atom is -0.497 e. The van der Waals surface area contributed by atoms with Crippen molar-refractivity contribution in [3.8, 4) is 22.8 Å². The van der Waals surface area contributed by atoms with Crippen molar-refractivity contribution in [2.45, 2.75) is 0 Å². The molecule has 0 spiro atoms. The van der Waals surface area contributed by atoms with E-state index in [0.717, 1.165) is 11.5 Å². The van der Waals surface area contributed by atoms with E-state index in [1.807, 2.05) is 12.1 Å². The van der Waals surface area contributed by atoms with Gasteiger partial charge in [-0.2, -0.15) is 0 Å². The Labute approximate surface area is 140 Å². The lowest BCUT2D eigenvalue weighted by Crippen LogP contribution is -1.91. The maximum atomic E-state index is 5.41. The van der Waals surface area contributed by atoms with Gasteiger partial charge in [-0.1, -0.05) is 0 Å². The van der Waals surface area contributed by atoms with Crippen LogP contribution in [0.25, 0.3) is 33.1 Å². The zero-order chi connectivity index (χ0) is 16.8. The van der Waals surface area contributed by atoms with Crippen LogP contribution in [0.3, 0.4) is 0 Å². The summed E-state index contributed by atoms with van der Waals surface area (Å²) in [5.41, 5.74) is 4.75. The van der Waals surface area contributed by atoms with Crippen molar-refractivity contribution >= 4 is 21.8 Å². The van der Waals surface area contributed by atoms with Gasteiger partial charge in [-0.15, -0.1) is 0 Å². The molecular formula is C20H20N2O2. The number of fused-ring (bicyclic) bond motifs is 2. The third-order valence-electron chi connectivity index (χ3n) is 4.72. The molecular weight excluding hydrogens is 300 g/mol. The zero-order valence-electron chi connectivity index (χ0n) is 14.3. The molecule has 2 aromatic carbocycles. The smallest absolute Gasteiger partial charge is 0.119 e. The first-order valence-electron chi connectivity index (χ1n) is 7.89. The number of rotatable bonds is 3. The molecule has 2 aromatic heterocycles. The summed E-state index contributed by atoms with van der Waals surface area (Å²) >= 11 is 0. The van der Waals surface area contributed by atoms with Crippen LogP contribution in [0.4, 0.5) is 0 Å². The molecule has 0 unspecified atom stereocenters. The number of methoxy groups -OCH3 is 2. The third-order valence-corrected chi connectivity index (χ3v) is 4.72. The molecule has 4 rings (SSSR count). The van der Waals surface area contributed by atoms with Gasteiger partial charge in [0.2, 0.25) is 0 Å². The fourth-order valence-electron chi connectivity index (χ4n) is 3.42. The van der Waals surface area contributed by atoms with Gasteiger partial charge in [0.05, 0.1) is 19.9 Å². The molecule has 0 atom stereocenters. The van der Waals surface area contributed by atoms with Gasteiger partial charge in [-0.3, -0.25) is 0 Å². The molecule has 0 aliphatic carbocycles. The van der Waals surface area contributed by atoms with Gasteiger partial charge in [0.1, 0.15) is 11.5 Å². The summed E-state index contributed by atoms with van der Waals surface area (Å²) in [5, 5.41) is 2.36. The van der Waals surface area contributed by atoms with Crippen molar-refractivity contribution in [1.82, 2.24) is 9.13 Å². The number of hydrogen-bond acceptors (Lipinski definition) is 2. The SMILES string of the molecule is COc1ccc2c(c1)cc(-c1cn(C)c3ccc(OC)cc13)n2C. The maximum absolute atomic E-state index is 5.41. The highest BCUT2D eigenvalue weighted by Crippen LogP contribution is 2.36. The zero-order valence-corrected chi connectivity index (χ0v) is 14.3. The number of nitrogens with zero attached hydrogens (tertiary/aromatic N) is 2. The van der Waals surface area contributed by atoms with Crippen molar-refractivity contribution in [1.29, 1.82) is 0 Å². The van der Waals surface area contributed by atoms with E-state index in [2.05, 4.69) is 59.8 Å². The standard InChI is InChI=1S/C20H20N2O2/c1-21-12-17(16-11-15(24-4)6-8-19(16)21)20-10-13-9-14(23-3)5-7-18(13)22(20)2/h5-12H,1-4H3. The summed E-state index contributed by atoms with van der Waals surface area (Å²) in [4.78, 5) is 0. The normalized spacial score (nSPS) is 11.3. The van der Waals surface area contributed by atoms with Crippen LogP contribution in [-0.2, 0) is 14.1 Å². The van der Waals surface area contributed by atoms with Crippen LogP contribution in [-0.4, -0.2) is 23.4 Å². The van der Waals surface area contributed by atoms with E-state index in [-0.39, 0.29) is 0 Å². The van der Waals surface area contributed by atoms with Gasteiger partial charge in [-0.25, -0.2) is 0 Å². The highest BCUT2D eigenvalue weighted by atomic mass is 16.5. The van der Waals surface area contributed by atoms with Crippen LogP contribution >= 0.6 is 0 Å². The lowest BCUT2D eigenvalue weighted by Gasteiger charge is -2.05. The first-order chi connectivity index (χ1) is 11.6. The Hall–Kier alpha value is -2.88. The number of aryl methyl sites for hydroxylation is 2. The molecule has 0 aliphatic heterocycles. The van der Waals surface area contributed by atoms with Gasteiger partial charge in [-0.05, 0) is 42.5 Å². The minimum absolute atomic E-state index is 0.871. The van der Waals surface area contributed by atoms with Crippen molar-refractivity contribution in [2.24, 2.45) is 14.1 Å². The number of benzene rings is 2. The first kappa shape index (κ1) is 14.7. The second-order valence-electron chi connectivity index (χ2n) is 6.05. The molecule has 4 heteroatoms. The lowest BCUT2D eigenvalue weighted by atomic mass is 10.1. The summed E-state index contributed by atoms with van der Waals surface area (Å²) in [6.07, 6.45) is 2.18. The fourth-order valence-corrected chi connectivity index (χ4v) is 3.42. The van der Waals surface area contributed by atoms with E-state index in [9.17, 15) is 0 Å². The van der Waals surface area contributed by atoms with Crippen LogP contribution in [0.15, 0.2) is 48.7 Å². The molecule has 2 heterocycles. The molecule has 4 nitrogen and oxygen atoms in total. The molecule has 0 radical (unpaired) electrons. The fraction of sp³-hybridized carbons (Fsp3) is 0.200. The number of ether oxygens (including phenoxy) is 2. The van der Waals surface area contributed by atoms with E-state index in [1.54, 1.807) is 14.2 Å². The minimum atomic E-state index is 0.871. The van der Waals surface area contributed by atoms with E-state index in [4.69, 9.17) is 9.47 Å². The molecule has 4 aromatic rings. The highest BCUT2D eigenvalue weighted by Gasteiger charge is 2.14. The quantitative estimate of drug-likeness (QED) is 0.561. The number of hydrogen-bond donors (Lipinski definition) is 0. The average Bonchev–Trinajstić information content (AvgIpc) is 3.11. The first-order valence-corrected chi connectivity index (χ1v) is 7.89. The van der Waals surface area contributed by atoms with Gasteiger partial charge in [0.25, 0.3) is 0 Å². The van der Waals surface area contributed by atoms with Crippen molar-refractivity contribution in [3.63, 3.8) is 0 Å². The van der Waals surface area contributed by atoms with Crippen LogP contribution < -0.4 is 9.47 Å². The Morgan fingerprint density at radius 2 is 1.46 bits per heavy atom. The van der Waals surface area contributed by atoms with Gasteiger partial charge >= 0.3 is 0 Å². The molecule has 0 amide bonds. The van der Waals surface area contributed by atoms with Crippen molar-refractivity contribution in [3.05, 3.63) is 48.7 Å². The number of aromatic nitrogens is 2. The molecule has 0 aliphatic rings. The van der Waals surface area contributed by atoms with Crippen LogP contribution in [0.1, 0.15) is 0 Å². The summed E-state index contributed by atoms with van der Waals surface area (Å²) in [6.45, 7) is 0. The maximum Gasteiger partial charge on any atom is 0.119 e. The molecule has 0 saturated heterocycles. The highest BCUT2D eigenvalue weighted by molar-refractivity contribution is 5.99. The molecule has 0 saturated carbocycles. The average molecular weight is 320 g/mol. The Morgan fingerprint density at radius 1 is 0.792 bits per heavy atom. The molecule has 0 fully saturated rings. The van der Waals surface area contributed by atoms with Gasteiger partial charge < -0.3 is 18.6 Å². The lowest BCUT2D eigenvalue weighted by molar-refractivity contribution is 0.415. The summed E-state index contributed by atoms with van der Waals surface area (Å²) in [5.74, 6) is 1.75. The van der Waals surface area contributed by atoms with Crippen LogP contribution in [0.2, 0.25) is 0 Å². The van der Waals surface area contributed by atoms with E-state index >= 15 is 0 Å². The van der Waals surface area contributed by atoms with Gasteiger partial charge in [0, 0.05) is 47.7 Å². The predicted molar refractivity (Wildman–Crippen MR) is 97.9 cm³/mol. The monoisotopic (exact) mass is 320 g/mol. The molecule has 122 valence electrons. The van der Waals surface area contributed by atoms with E-state index in [0.29, 0.717) is 0 Å². The third kappa shape index (κ3) is 2.07. The van der Waals surface area contributed by atoms with Gasteiger partial charge in [0.15, 0.2) is 0 Å². The van der Waals surface area contributed by atoms with E-state index in [1.165, 1.54) is 33.1 Å². The second-order valence-corrected chi connectivity index (χ2v) is 6.05. The second kappa shape index (κ2) is 5.34. The Balaban J connectivity index is 2.00. The summed E-state index contributed by atoms with van der Waals surface area (Å²) in [7, 11) is 7.57. The van der Waals surface area contributed by atoms with Crippen LogP contribution in [0, 0.1) is 0 Å². The van der Waals surface area contributed by atoms with Crippen LogP contribution in [0.5, 0.6) is 11.5 Å². The largest absolute Gasteiger partial charge is 0.497 e. The Morgan fingerprint density at radius 3 is 2.17 bits per heavy atom. The summed E-state index contributed by atoms with van der Waals surface area (Å²) < 4.78 is 15.1. The molecule has 0 bridgehead atoms. The van der Waals surface area contributed by atoms with Crippen molar-refractivity contribution < 1.29 is 9.47 Å². The van der Waals surface area contributed by atoms with E-state index < -0.39 is 0 Å².